The summed E-state index contributed by atoms with van der Waals surface area (Å²) >= 11 is 3.74. The second-order valence-electron chi connectivity index (χ2n) is 12.9. The number of benzene rings is 8. The van der Waals surface area contributed by atoms with E-state index in [0.29, 0.717) is 0 Å². The van der Waals surface area contributed by atoms with Gasteiger partial charge >= 0.3 is 0 Å². The van der Waals surface area contributed by atoms with E-state index in [1.807, 2.05) is 23.5 Å². The van der Waals surface area contributed by atoms with E-state index in [9.17, 15) is 0 Å². The predicted molar refractivity (Wildman–Crippen MR) is 217 cm³/mol. The van der Waals surface area contributed by atoms with Gasteiger partial charge in [0.15, 0.2) is 0 Å². The zero-order valence-corrected chi connectivity index (χ0v) is 29.3. The van der Waals surface area contributed by atoms with Gasteiger partial charge in [-0.05, 0) is 87.5 Å². The first-order valence-electron chi connectivity index (χ1n) is 17.3. The Bertz CT molecular complexity index is 2740. The van der Waals surface area contributed by atoms with Gasteiger partial charge in [0, 0.05) is 41.6 Å². The Balaban J connectivity index is 1.22. The lowest BCUT2D eigenvalue weighted by Crippen LogP contribution is -1.95. The van der Waals surface area contributed by atoms with E-state index >= 15 is 0 Å². The predicted octanol–water partition coefficient (Wildman–Crippen LogP) is 14.1. The summed E-state index contributed by atoms with van der Waals surface area (Å²) in [5.74, 6) is 0. The maximum absolute atomic E-state index is 2.41. The number of aromatic nitrogens is 1. The smallest absolute Gasteiger partial charge is 0.0547 e. The third-order valence-corrected chi connectivity index (χ3v) is 12.2. The lowest BCUT2D eigenvalue weighted by molar-refractivity contribution is 1.18. The van der Waals surface area contributed by atoms with Crippen molar-refractivity contribution in [2.45, 2.75) is 19.6 Å². The van der Waals surface area contributed by atoms with E-state index in [-0.39, 0.29) is 0 Å². The Morgan fingerprint density at radius 1 is 0.314 bits per heavy atom. The molecule has 51 heavy (non-hydrogen) atoms. The number of para-hydroxylation sites is 2. The van der Waals surface area contributed by atoms with Crippen LogP contribution < -0.4 is 0 Å². The van der Waals surface area contributed by atoms with Gasteiger partial charge in [-0.3, -0.25) is 0 Å². The Morgan fingerprint density at radius 2 is 0.882 bits per heavy atom. The molecule has 0 aliphatic carbocycles. The first kappa shape index (κ1) is 30.1. The number of hydrogen-bond acceptors (Lipinski definition) is 2. The SMILES string of the molecule is c1ccc(-c2cccc3c2-c2ccc(-c4ccc5c6ccccc6n(-c6ccccc6)c5c4)cc2Sc2ccccc2-c2ccccc2S3)cc1. The first-order valence-corrected chi connectivity index (χ1v) is 18.9. The van der Waals surface area contributed by atoms with E-state index in [1.165, 1.54) is 91.6 Å². The molecular weight excluding hydrogens is 655 g/mol. The highest BCUT2D eigenvalue weighted by atomic mass is 32.2. The van der Waals surface area contributed by atoms with Crippen molar-refractivity contribution < 1.29 is 0 Å². The fourth-order valence-corrected chi connectivity index (χ4v) is 9.82. The van der Waals surface area contributed by atoms with E-state index < -0.39 is 0 Å². The zero-order valence-electron chi connectivity index (χ0n) is 27.7. The third-order valence-electron chi connectivity index (χ3n) is 9.89. The summed E-state index contributed by atoms with van der Waals surface area (Å²) in [5.41, 5.74) is 13.5. The largest absolute Gasteiger partial charge is 0.309 e. The minimum Gasteiger partial charge on any atom is -0.309 e. The van der Waals surface area contributed by atoms with Crippen molar-refractivity contribution in [1.82, 2.24) is 4.57 Å². The summed E-state index contributed by atoms with van der Waals surface area (Å²) in [4.78, 5) is 5.02. The minimum absolute atomic E-state index is 1.17. The molecule has 0 spiro atoms. The molecular formula is C48H31NS2. The summed E-state index contributed by atoms with van der Waals surface area (Å²) in [6.45, 7) is 0. The standard InChI is InChI=1S/C48H31NS2/c1-3-14-32(15-4-1)36-21-13-25-46-48(36)41-29-27-34(31-47(41)51-45-24-12-9-20-40(45)39-19-8-11-23-44(39)50-46)33-26-28-38-37-18-7-10-22-42(37)49(43(38)30-33)35-16-5-2-6-17-35/h1-31H. The summed E-state index contributed by atoms with van der Waals surface area (Å²) in [5, 5.41) is 2.53. The van der Waals surface area contributed by atoms with E-state index in [1.54, 1.807) is 0 Å². The fraction of sp³-hybridized carbons (Fsp3) is 0. The van der Waals surface area contributed by atoms with Crippen molar-refractivity contribution in [3.05, 3.63) is 188 Å². The molecule has 3 heteroatoms. The van der Waals surface area contributed by atoms with E-state index in [0.717, 1.165) is 0 Å². The second-order valence-corrected chi connectivity index (χ2v) is 15.0. The average Bonchev–Trinajstić information content (AvgIpc) is 3.53. The van der Waals surface area contributed by atoms with Gasteiger partial charge in [0.1, 0.15) is 0 Å². The minimum atomic E-state index is 1.17. The highest BCUT2D eigenvalue weighted by Gasteiger charge is 2.22. The third kappa shape index (κ3) is 5.20. The van der Waals surface area contributed by atoms with Crippen LogP contribution in [0.3, 0.4) is 0 Å². The average molecular weight is 686 g/mol. The molecule has 0 fully saturated rings. The maximum Gasteiger partial charge on any atom is 0.0547 e. The topological polar surface area (TPSA) is 4.93 Å². The fourth-order valence-electron chi connectivity index (χ4n) is 7.54. The lowest BCUT2D eigenvalue weighted by atomic mass is 9.93. The molecule has 8 aromatic carbocycles. The van der Waals surface area contributed by atoms with Crippen molar-refractivity contribution in [2.24, 2.45) is 0 Å². The van der Waals surface area contributed by atoms with Gasteiger partial charge in [0.2, 0.25) is 0 Å². The molecule has 10 rings (SSSR count). The second kappa shape index (κ2) is 12.5. The molecule has 0 N–H and O–H groups in total. The van der Waals surface area contributed by atoms with Crippen molar-refractivity contribution in [2.75, 3.05) is 0 Å². The van der Waals surface area contributed by atoms with Gasteiger partial charge in [0.25, 0.3) is 0 Å². The molecule has 0 unspecified atom stereocenters. The maximum atomic E-state index is 2.41. The van der Waals surface area contributed by atoms with Crippen LogP contribution in [0.15, 0.2) is 208 Å². The summed E-state index contributed by atoms with van der Waals surface area (Å²) in [6, 6.07) is 68.8. The van der Waals surface area contributed by atoms with Crippen molar-refractivity contribution in [3.63, 3.8) is 0 Å². The Morgan fingerprint density at radius 3 is 1.67 bits per heavy atom. The molecule has 0 atom stereocenters. The first-order chi connectivity index (χ1) is 25.3. The summed E-state index contributed by atoms with van der Waals surface area (Å²) < 4.78 is 2.40. The number of hydrogen-bond donors (Lipinski definition) is 0. The van der Waals surface area contributed by atoms with Crippen molar-refractivity contribution in [1.29, 1.82) is 0 Å². The molecule has 2 heterocycles. The van der Waals surface area contributed by atoms with Crippen LogP contribution in [0.25, 0.3) is 72.0 Å². The molecule has 1 nitrogen and oxygen atoms in total. The Kier molecular flexibility index (Phi) is 7.41. The molecule has 0 amide bonds. The van der Waals surface area contributed by atoms with E-state index in [2.05, 4.69) is 193 Å². The molecule has 1 aromatic heterocycles. The normalized spacial score (nSPS) is 12.2. The van der Waals surface area contributed by atoms with Gasteiger partial charge in [-0.15, -0.1) is 0 Å². The highest BCUT2D eigenvalue weighted by Crippen LogP contribution is 2.51. The summed E-state index contributed by atoms with van der Waals surface area (Å²) in [6.07, 6.45) is 0. The van der Waals surface area contributed by atoms with Crippen LogP contribution in [-0.4, -0.2) is 4.57 Å². The van der Waals surface area contributed by atoms with Gasteiger partial charge in [-0.25, -0.2) is 0 Å². The Labute approximate surface area is 306 Å². The molecule has 9 aromatic rings. The van der Waals surface area contributed by atoms with Crippen molar-refractivity contribution in [3.8, 4) is 50.2 Å². The number of nitrogens with zero attached hydrogens (tertiary/aromatic N) is 1. The molecule has 1 aliphatic heterocycles. The molecule has 0 radical (unpaired) electrons. The molecule has 0 bridgehead atoms. The van der Waals surface area contributed by atoms with Crippen LogP contribution in [0.2, 0.25) is 0 Å². The van der Waals surface area contributed by atoms with Gasteiger partial charge in [-0.2, -0.15) is 0 Å². The van der Waals surface area contributed by atoms with Crippen LogP contribution in [0.1, 0.15) is 0 Å². The van der Waals surface area contributed by atoms with Gasteiger partial charge < -0.3 is 4.57 Å². The van der Waals surface area contributed by atoms with Crippen LogP contribution in [-0.2, 0) is 0 Å². The van der Waals surface area contributed by atoms with Crippen molar-refractivity contribution >= 4 is 45.3 Å². The Hall–Kier alpha value is -5.74. The van der Waals surface area contributed by atoms with Crippen LogP contribution >= 0.6 is 23.5 Å². The number of fused-ring (bicyclic) bond motifs is 9. The van der Waals surface area contributed by atoms with Crippen LogP contribution in [0.4, 0.5) is 0 Å². The van der Waals surface area contributed by atoms with Crippen LogP contribution in [0.5, 0.6) is 0 Å². The molecule has 240 valence electrons. The summed E-state index contributed by atoms with van der Waals surface area (Å²) in [7, 11) is 0. The quantitative estimate of drug-likeness (QED) is 0.182. The monoisotopic (exact) mass is 685 g/mol. The number of rotatable bonds is 3. The molecule has 0 saturated heterocycles. The highest BCUT2D eigenvalue weighted by molar-refractivity contribution is 8.00. The van der Waals surface area contributed by atoms with Gasteiger partial charge in [0.05, 0.1) is 11.0 Å². The lowest BCUT2D eigenvalue weighted by Gasteiger charge is -2.22. The molecule has 0 saturated carbocycles. The van der Waals surface area contributed by atoms with E-state index in [4.69, 9.17) is 0 Å². The molecule has 1 aliphatic rings. The van der Waals surface area contributed by atoms with Gasteiger partial charge in [-0.1, -0.05) is 163 Å². The van der Waals surface area contributed by atoms with Crippen LogP contribution in [0, 0.1) is 0 Å². The zero-order chi connectivity index (χ0) is 33.7.